The monoisotopic (exact) mass is 197 g/mol. The first kappa shape index (κ1) is 11.3. The van der Waals surface area contributed by atoms with Crippen LogP contribution in [-0.4, -0.2) is 11.0 Å². The van der Waals surface area contributed by atoms with Gasteiger partial charge >= 0.3 is 29.6 Å². The number of rotatable bonds is 2. The molecule has 66 valence electrons. The van der Waals surface area contributed by atoms with Gasteiger partial charge in [-0.15, -0.1) is 0 Å². The Kier molecular flexibility index (Phi) is 3.75. The first-order valence-corrected chi connectivity index (χ1v) is 4.02. The molecule has 0 atom stereocenters. The van der Waals surface area contributed by atoms with Crippen molar-refractivity contribution < 1.29 is 39.5 Å². The van der Waals surface area contributed by atoms with Crippen molar-refractivity contribution in [1.82, 2.24) is 4.98 Å². The normalized spacial score (nSPS) is 9.71. The van der Waals surface area contributed by atoms with Gasteiger partial charge in [0.2, 0.25) is 0 Å². The number of aromatic amines is 1. The van der Waals surface area contributed by atoms with Gasteiger partial charge in [-0.3, -0.25) is 0 Å². The summed E-state index contributed by atoms with van der Waals surface area (Å²) in [6.07, 6.45) is 1.67. The van der Waals surface area contributed by atoms with Gasteiger partial charge in [-0.1, -0.05) is 18.2 Å². The molecule has 0 saturated heterocycles. The minimum absolute atomic E-state index is 0. The van der Waals surface area contributed by atoms with E-state index in [1.807, 2.05) is 24.3 Å². The molecule has 2 aromatic rings. The number of carboxylic acids is 1. The summed E-state index contributed by atoms with van der Waals surface area (Å²) in [5.41, 5.74) is 1.73. The predicted octanol–water partition coefficient (Wildman–Crippen LogP) is -2.54. The molecule has 0 saturated carbocycles. The van der Waals surface area contributed by atoms with Crippen LogP contribution >= 0.6 is 0 Å². The number of carboxylic acid groups (broad SMARTS) is 1. The van der Waals surface area contributed by atoms with E-state index in [-0.39, 0.29) is 36.0 Å². The van der Waals surface area contributed by atoms with E-state index < -0.39 is 5.97 Å². The van der Waals surface area contributed by atoms with Crippen LogP contribution in [0.25, 0.3) is 10.9 Å². The molecular formula is C10H8NNaO2. The summed E-state index contributed by atoms with van der Waals surface area (Å²) in [4.78, 5) is 13.4. The number of aliphatic carboxylic acids is 1. The molecule has 0 aliphatic carbocycles. The number of aromatic nitrogens is 1. The fraction of sp³-hybridized carbons (Fsp3) is 0.100. The molecule has 0 aliphatic heterocycles. The topological polar surface area (TPSA) is 55.9 Å². The van der Waals surface area contributed by atoms with Gasteiger partial charge in [-0.2, -0.15) is 0 Å². The largest absolute Gasteiger partial charge is 1.00 e. The first-order chi connectivity index (χ1) is 6.27. The Bertz CT molecular complexity index is 450. The zero-order valence-electron chi connectivity index (χ0n) is 7.91. The molecule has 1 aromatic heterocycles. The minimum atomic E-state index is -1.05. The summed E-state index contributed by atoms with van der Waals surface area (Å²) >= 11 is 0. The number of nitrogens with one attached hydrogen (secondary N) is 1. The summed E-state index contributed by atoms with van der Waals surface area (Å²) < 4.78 is 0. The second kappa shape index (κ2) is 4.64. The van der Waals surface area contributed by atoms with Crippen LogP contribution in [0.15, 0.2) is 30.5 Å². The van der Waals surface area contributed by atoms with Crippen LogP contribution in [0.2, 0.25) is 0 Å². The van der Waals surface area contributed by atoms with Gasteiger partial charge in [0.15, 0.2) is 0 Å². The van der Waals surface area contributed by atoms with Gasteiger partial charge < -0.3 is 14.9 Å². The second-order valence-electron chi connectivity index (χ2n) is 2.91. The van der Waals surface area contributed by atoms with Crippen molar-refractivity contribution >= 4 is 16.9 Å². The third-order valence-electron chi connectivity index (χ3n) is 2.01. The Morgan fingerprint density at radius 2 is 2.07 bits per heavy atom. The zero-order valence-corrected chi connectivity index (χ0v) is 9.91. The molecule has 0 spiro atoms. The number of H-pyrrole nitrogens is 1. The van der Waals surface area contributed by atoms with Crippen molar-refractivity contribution in [3.8, 4) is 0 Å². The molecule has 0 aliphatic rings. The van der Waals surface area contributed by atoms with Crippen LogP contribution in [-0.2, 0) is 11.2 Å². The second-order valence-corrected chi connectivity index (χ2v) is 2.91. The third kappa shape index (κ3) is 2.18. The smallest absolute Gasteiger partial charge is 0.550 e. The van der Waals surface area contributed by atoms with Crippen molar-refractivity contribution in [2.24, 2.45) is 0 Å². The van der Waals surface area contributed by atoms with Crippen LogP contribution in [0.3, 0.4) is 0 Å². The Hall–Kier alpha value is -0.770. The summed E-state index contributed by atoms with van der Waals surface area (Å²) in [6, 6.07) is 7.59. The number of fused-ring (bicyclic) bond motifs is 1. The summed E-state index contributed by atoms with van der Waals surface area (Å²) in [5.74, 6) is -1.05. The van der Waals surface area contributed by atoms with Crippen molar-refractivity contribution in [1.29, 1.82) is 0 Å². The van der Waals surface area contributed by atoms with Gasteiger partial charge in [0.25, 0.3) is 0 Å². The van der Waals surface area contributed by atoms with Crippen LogP contribution in [0, 0.1) is 0 Å². The maximum atomic E-state index is 10.4. The molecule has 1 aromatic carbocycles. The molecule has 1 heterocycles. The van der Waals surface area contributed by atoms with Crippen molar-refractivity contribution in [3.05, 3.63) is 36.0 Å². The number of para-hydroxylation sites is 1. The van der Waals surface area contributed by atoms with E-state index >= 15 is 0 Å². The van der Waals surface area contributed by atoms with E-state index in [2.05, 4.69) is 4.98 Å². The maximum absolute atomic E-state index is 10.4. The van der Waals surface area contributed by atoms with Gasteiger partial charge in [0.05, 0.1) is 0 Å². The Labute approximate surface area is 103 Å². The van der Waals surface area contributed by atoms with Crippen molar-refractivity contribution in [2.45, 2.75) is 6.42 Å². The molecule has 4 heteroatoms. The zero-order chi connectivity index (χ0) is 9.26. The van der Waals surface area contributed by atoms with E-state index in [0.717, 1.165) is 16.5 Å². The van der Waals surface area contributed by atoms with E-state index in [1.54, 1.807) is 6.20 Å². The Morgan fingerprint density at radius 1 is 1.36 bits per heavy atom. The average Bonchev–Trinajstić information content (AvgIpc) is 2.48. The maximum Gasteiger partial charge on any atom is 1.00 e. The number of hydrogen-bond donors (Lipinski definition) is 1. The van der Waals surface area contributed by atoms with Gasteiger partial charge in [-0.25, -0.2) is 0 Å². The molecule has 0 fully saturated rings. The molecule has 14 heavy (non-hydrogen) atoms. The Morgan fingerprint density at radius 3 is 2.79 bits per heavy atom. The van der Waals surface area contributed by atoms with Crippen molar-refractivity contribution in [2.75, 3.05) is 0 Å². The molecule has 0 bridgehead atoms. The van der Waals surface area contributed by atoms with Gasteiger partial charge in [0.1, 0.15) is 0 Å². The molecule has 0 radical (unpaired) electrons. The quantitative estimate of drug-likeness (QED) is 0.539. The van der Waals surface area contributed by atoms with Crippen LogP contribution < -0.4 is 34.7 Å². The molecule has 0 amide bonds. The van der Waals surface area contributed by atoms with Crippen LogP contribution in [0.5, 0.6) is 0 Å². The van der Waals surface area contributed by atoms with Crippen LogP contribution in [0.1, 0.15) is 5.56 Å². The molecular weight excluding hydrogens is 189 g/mol. The molecule has 1 N–H and O–H groups in total. The number of hydrogen-bond acceptors (Lipinski definition) is 2. The summed E-state index contributed by atoms with van der Waals surface area (Å²) in [5, 5.41) is 11.3. The van der Waals surface area contributed by atoms with Crippen molar-refractivity contribution in [3.63, 3.8) is 0 Å². The minimum Gasteiger partial charge on any atom is -0.550 e. The SMILES string of the molecule is O=C([O-])Cc1c[nH]c2ccccc12.[Na+]. The van der Waals surface area contributed by atoms with Gasteiger partial charge in [0, 0.05) is 29.5 Å². The summed E-state index contributed by atoms with van der Waals surface area (Å²) in [6.45, 7) is 0. The molecule has 2 rings (SSSR count). The average molecular weight is 197 g/mol. The number of carbonyl (C=O) groups is 1. The third-order valence-corrected chi connectivity index (χ3v) is 2.01. The van der Waals surface area contributed by atoms with Gasteiger partial charge in [-0.05, 0) is 11.6 Å². The fourth-order valence-electron chi connectivity index (χ4n) is 1.43. The fourth-order valence-corrected chi connectivity index (χ4v) is 1.43. The molecule has 3 nitrogen and oxygen atoms in total. The number of carbonyl (C=O) groups excluding carboxylic acids is 1. The molecule has 0 unspecified atom stereocenters. The van der Waals surface area contributed by atoms with E-state index in [4.69, 9.17) is 0 Å². The van der Waals surface area contributed by atoms with Crippen LogP contribution in [0.4, 0.5) is 0 Å². The standard InChI is InChI=1S/C10H9NO2.Na/c12-10(13)5-7-6-11-9-4-2-1-3-8(7)9;/h1-4,6,11H,5H2,(H,12,13);/q;+1/p-1. The Balaban J connectivity index is 0.000000980. The number of benzene rings is 1. The first-order valence-electron chi connectivity index (χ1n) is 4.02. The van der Waals surface area contributed by atoms with E-state index in [0.29, 0.717) is 0 Å². The van der Waals surface area contributed by atoms with E-state index in [9.17, 15) is 9.90 Å². The van der Waals surface area contributed by atoms with E-state index in [1.165, 1.54) is 0 Å². The summed E-state index contributed by atoms with van der Waals surface area (Å²) in [7, 11) is 0. The predicted molar refractivity (Wildman–Crippen MR) is 47.0 cm³/mol.